The Balaban J connectivity index is 1.55. The Morgan fingerprint density at radius 1 is 1.31 bits per heavy atom. The molecule has 2 aromatic heterocycles. The first-order chi connectivity index (χ1) is 20.4. The number of alkyl carbamates (subject to hydrolysis) is 1. The number of ether oxygens (including phenoxy) is 2. The number of aromatic nitrogens is 4. The first kappa shape index (κ1) is 28.6. The van der Waals surface area contributed by atoms with E-state index < -0.39 is 45.4 Å². The van der Waals surface area contributed by atoms with Crippen LogP contribution < -0.4 is 20.9 Å². The van der Waals surface area contributed by atoms with Crippen LogP contribution in [-0.2, 0) is 33.0 Å². The largest absolute Gasteiger partial charge is 0.444 e. The van der Waals surface area contributed by atoms with Crippen LogP contribution in [0.3, 0.4) is 0 Å². The molecule has 4 rings (SSSR count). The van der Waals surface area contributed by atoms with Crippen molar-refractivity contribution in [2.75, 3.05) is 31.6 Å². The van der Waals surface area contributed by atoms with E-state index in [4.69, 9.17) is 12.2 Å². The van der Waals surface area contributed by atoms with Crippen molar-refractivity contribution in [3.8, 4) is 0 Å². The lowest BCUT2D eigenvalue weighted by atomic mass is 10.2. The van der Waals surface area contributed by atoms with Gasteiger partial charge in [-0.3, -0.25) is 14.0 Å². The molecular formula is C27H39N7O7S. The maximum absolute atomic E-state index is 13.9. The maximum atomic E-state index is 13.9. The summed E-state index contributed by atoms with van der Waals surface area (Å²) in [5, 5.41) is 19.8. The summed E-state index contributed by atoms with van der Waals surface area (Å²) < 4.78 is 59.1. The van der Waals surface area contributed by atoms with Crippen LogP contribution in [0.25, 0.3) is 10.9 Å². The highest BCUT2D eigenvalue weighted by atomic mass is 32.2. The zero-order valence-corrected chi connectivity index (χ0v) is 25.1. The van der Waals surface area contributed by atoms with E-state index in [0.29, 0.717) is 12.8 Å². The summed E-state index contributed by atoms with van der Waals surface area (Å²) in [4.78, 5) is 29.9. The van der Waals surface area contributed by atoms with Gasteiger partial charge in [0, 0.05) is 37.4 Å². The number of carbonyl (C=O) groups excluding carboxylic acids is 1. The first-order valence-corrected chi connectivity index (χ1v) is 15.0. The standard InChI is InChI=1S/C27H39N7O7S/c1-26(2,3)41-25(37)28-10-11-40-17-19(35)14-29-24-31-22-7-6-20(42(38,39)32-27(4)8-9-27)12-21(22)23(36)34(24)16-18-13-30-33(5)15-18/h6-7,12-13,15,19,32,35H,8-11,14,16-17H2,1-5H3,(H,28,37)(H,29,31)/i16D2. The fourth-order valence-corrected chi connectivity index (χ4v) is 5.35. The number of nitrogens with one attached hydrogen (secondary N) is 3. The summed E-state index contributed by atoms with van der Waals surface area (Å²) in [6.07, 6.45) is 2.40. The van der Waals surface area contributed by atoms with E-state index in [1.165, 1.54) is 35.3 Å². The normalized spacial score (nSPS) is 16.4. The number of nitrogens with zero attached hydrogens (tertiary/aromatic N) is 4. The van der Waals surface area contributed by atoms with Crippen LogP contribution in [-0.4, -0.2) is 82.5 Å². The molecule has 0 spiro atoms. The number of carbonyl (C=O) groups is 1. The van der Waals surface area contributed by atoms with E-state index in [1.807, 2.05) is 0 Å². The van der Waals surface area contributed by atoms with E-state index in [1.54, 1.807) is 34.7 Å². The van der Waals surface area contributed by atoms with E-state index >= 15 is 0 Å². The van der Waals surface area contributed by atoms with Crippen molar-refractivity contribution in [1.29, 1.82) is 0 Å². The SMILES string of the molecule is [2H]C([2H])(c1cnn(C)c1)n1c(NCC(O)COCCNC(=O)OC(C)(C)C)nc2ccc(S(=O)(=O)NC3(C)CC3)cc2c1=O. The number of benzene rings is 1. The minimum Gasteiger partial charge on any atom is -0.444 e. The van der Waals surface area contributed by atoms with E-state index in [2.05, 4.69) is 25.4 Å². The van der Waals surface area contributed by atoms with Crippen molar-refractivity contribution < 1.29 is 30.5 Å². The fourth-order valence-electron chi connectivity index (χ4n) is 3.86. The number of aryl methyl sites for hydroxylation is 1. The van der Waals surface area contributed by atoms with Gasteiger partial charge in [-0.15, -0.1) is 0 Å². The number of sulfonamides is 1. The van der Waals surface area contributed by atoms with E-state index in [0.717, 1.165) is 4.57 Å². The summed E-state index contributed by atoms with van der Waals surface area (Å²) in [5.41, 5.74) is -1.81. The first-order valence-electron chi connectivity index (χ1n) is 14.5. The van der Waals surface area contributed by atoms with Crippen LogP contribution in [0.15, 0.2) is 40.3 Å². The molecule has 2 heterocycles. The van der Waals surface area contributed by atoms with Crippen molar-refractivity contribution in [3.63, 3.8) is 0 Å². The van der Waals surface area contributed by atoms with Crippen molar-refractivity contribution >= 4 is 33.0 Å². The van der Waals surface area contributed by atoms with Crippen molar-refractivity contribution in [1.82, 2.24) is 29.4 Å². The Hall–Kier alpha value is -3.53. The van der Waals surface area contributed by atoms with Gasteiger partial charge in [0.05, 0.1) is 50.6 Å². The lowest BCUT2D eigenvalue weighted by molar-refractivity contribution is 0.0365. The van der Waals surface area contributed by atoms with Crippen molar-refractivity contribution in [2.45, 2.75) is 69.2 Å². The highest BCUT2D eigenvalue weighted by molar-refractivity contribution is 7.89. The Kier molecular flexibility index (Phi) is 8.42. The summed E-state index contributed by atoms with van der Waals surface area (Å²) in [7, 11) is -2.34. The quantitative estimate of drug-likeness (QED) is 0.207. The van der Waals surface area contributed by atoms with Crippen LogP contribution in [0, 0.1) is 0 Å². The highest BCUT2D eigenvalue weighted by Gasteiger charge is 2.41. The number of aliphatic hydroxyl groups is 1. The molecule has 1 aromatic carbocycles. The molecule has 230 valence electrons. The Morgan fingerprint density at radius 3 is 2.69 bits per heavy atom. The van der Waals surface area contributed by atoms with Crippen LogP contribution in [0.4, 0.5) is 10.7 Å². The van der Waals surface area contributed by atoms with Gasteiger partial charge in [0.2, 0.25) is 16.0 Å². The molecule has 0 saturated heterocycles. The number of fused-ring (bicyclic) bond motifs is 1. The highest BCUT2D eigenvalue weighted by Crippen LogP contribution is 2.36. The number of hydrogen-bond acceptors (Lipinski definition) is 10. The number of hydrogen-bond donors (Lipinski definition) is 4. The van der Waals surface area contributed by atoms with Gasteiger partial charge in [0.15, 0.2) is 0 Å². The smallest absolute Gasteiger partial charge is 0.407 e. The van der Waals surface area contributed by atoms with Crippen molar-refractivity contribution in [2.24, 2.45) is 7.05 Å². The lowest BCUT2D eigenvalue weighted by Crippen LogP contribution is -2.35. The Labute approximate surface area is 247 Å². The summed E-state index contributed by atoms with van der Waals surface area (Å²) in [5.74, 6) is -0.193. The van der Waals surface area contributed by atoms with E-state index in [9.17, 15) is 23.1 Å². The van der Waals surface area contributed by atoms with Gasteiger partial charge in [-0.05, 0) is 58.7 Å². The second kappa shape index (κ2) is 12.4. The number of amides is 1. The van der Waals surface area contributed by atoms with Crippen molar-refractivity contribution in [3.05, 3.63) is 46.5 Å². The molecule has 15 heteroatoms. The summed E-state index contributed by atoms with van der Waals surface area (Å²) >= 11 is 0. The predicted molar refractivity (Wildman–Crippen MR) is 156 cm³/mol. The molecule has 0 radical (unpaired) electrons. The van der Waals surface area contributed by atoms with Gasteiger partial charge in [-0.2, -0.15) is 5.10 Å². The second-order valence-corrected chi connectivity index (χ2v) is 13.2. The molecule has 1 atom stereocenters. The van der Waals surface area contributed by atoms with Gasteiger partial charge >= 0.3 is 6.09 Å². The fraction of sp³-hybridized carbons (Fsp3) is 0.556. The topological polar surface area (TPSA) is 179 Å². The molecule has 4 N–H and O–H groups in total. The average molecular weight is 608 g/mol. The molecule has 1 aliphatic carbocycles. The zero-order chi connectivity index (χ0) is 32.5. The van der Waals surface area contributed by atoms with Crippen LogP contribution in [0.5, 0.6) is 0 Å². The molecule has 1 unspecified atom stereocenters. The van der Waals surface area contributed by atoms with Gasteiger partial charge < -0.3 is 25.2 Å². The molecule has 14 nitrogen and oxygen atoms in total. The Bertz CT molecular complexity index is 1680. The monoisotopic (exact) mass is 607 g/mol. The molecule has 1 amide bonds. The Morgan fingerprint density at radius 2 is 2.05 bits per heavy atom. The molecule has 1 saturated carbocycles. The molecule has 0 bridgehead atoms. The summed E-state index contributed by atoms with van der Waals surface area (Å²) in [6, 6.07) is 3.90. The third kappa shape index (κ3) is 8.50. The minimum absolute atomic E-state index is 0.0553. The minimum atomic E-state index is -3.94. The average Bonchev–Trinajstić information content (AvgIpc) is 3.44. The lowest BCUT2D eigenvalue weighted by Gasteiger charge is -2.20. The summed E-state index contributed by atoms with van der Waals surface area (Å²) in [6.45, 7) is 4.50. The number of rotatable bonds is 13. The third-order valence-corrected chi connectivity index (χ3v) is 7.83. The maximum Gasteiger partial charge on any atom is 0.407 e. The van der Waals surface area contributed by atoms with Crippen LogP contribution in [0.1, 0.15) is 48.8 Å². The number of aliphatic hydroxyl groups excluding tert-OH is 1. The molecule has 3 aromatic rings. The zero-order valence-electron chi connectivity index (χ0n) is 26.3. The van der Waals surface area contributed by atoms with Gasteiger partial charge in [0.1, 0.15) is 5.60 Å². The van der Waals surface area contributed by atoms with Gasteiger partial charge in [0.25, 0.3) is 5.56 Å². The molecule has 0 aliphatic heterocycles. The molecule has 1 aliphatic rings. The van der Waals surface area contributed by atoms with Crippen LogP contribution >= 0.6 is 0 Å². The molecule has 42 heavy (non-hydrogen) atoms. The molecule has 1 fully saturated rings. The number of anilines is 1. The van der Waals surface area contributed by atoms with E-state index in [-0.39, 0.29) is 53.6 Å². The van der Waals surface area contributed by atoms with Gasteiger partial charge in [-0.1, -0.05) is 0 Å². The molecular weight excluding hydrogens is 566 g/mol. The van der Waals surface area contributed by atoms with Gasteiger partial charge in [-0.25, -0.2) is 22.9 Å². The third-order valence-electron chi connectivity index (χ3n) is 6.20. The second-order valence-electron chi connectivity index (χ2n) is 11.5. The predicted octanol–water partition coefficient (Wildman–Crippen LogP) is 1.32. The van der Waals surface area contributed by atoms with Crippen LogP contribution in [0.2, 0.25) is 0 Å².